The van der Waals surface area contributed by atoms with Gasteiger partial charge < -0.3 is 4.42 Å². The van der Waals surface area contributed by atoms with Gasteiger partial charge in [-0.15, -0.1) is 10.2 Å². The fourth-order valence-electron chi connectivity index (χ4n) is 2.80. The summed E-state index contributed by atoms with van der Waals surface area (Å²) < 4.78 is 34.4. The van der Waals surface area contributed by atoms with E-state index in [1.165, 1.54) is 24.3 Å². The van der Waals surface area contributed by atoms with Crippen molar-refractivity contribution in [2.45, 2.75) is 10.9 Å². The highest BCUT2D eigenvalue weighted by Crippen LogP contribution is 2.28. The Bertz CT molecular complexity index is 1240. The van der Waals surface area contributed by atoms with Crippen LogP contribution in [0.2, 0.25) is 10.0 Å². The van der Waals surface area contributed by atoms with E-state index in [0.29, 0.717) is 15.6 Å². The summed E-state index contributed by atoms with van der Waals surface area (Å²) in [6.07, 6.45) is 0. The number of rotatable bonds is 6. The van der Waals surface area contributed by atoms with E-state index in [0.717, 1.165) is 5.56 Å². The van der Waals surface area contributed by atoms with Gasteiger partial charge in [0.1, 0.15) is 6.04 Å². The minimum Gasteiger partial charge on any atom is -0.419 e. The van der Waals surface area contributed by atoms with Gasteiger partial charge in [-0.1, -0.05) is 53.5 Å². The van der Waals surface area contributed by atoms with E-state index in [9.17, 15) is 8.42 Å². The topological polar surface area (TPSA) is 85.1 Å². The Labute approximate surface area is 183 Å². The van der Waals surface area contributed by atoms with Gasteiger partial charge in [0.25, 0.3) is 0 Å². The van der Waals surface area contributed by atoms with Gasteiger partial charge in [-0.3, -0.25) is 0 Å². The van der Waals surface area contributed by atoms with Crippen LogP contribution in [0.5, 0.6) is 0 Å². The zero-order valence-electron chi connectivity index (χ0n) is 15.4. The number of halogens is 2. The van der Waals surface area contributed by atoms with Crippen LogP contribution in [0.1, 0.15) is 17.5 Å². The number of sulfonamides is 1. The van der Waals surface area contributed by atoms with Crippen LogP contribution < -0.4 is 4.72 Å². The summed E-state index contributed by atoms with van der Waals surface area (Å²) in [5.74, 6) is 0.393. The van der Waals surface area contributed by atoms with Crippen LogP contribution in [0.15, 0.2) is 88.2 Å². The Kier molecular flexibility index (Phi) is 5.87. The molecule has 4 aromatic rings. The molecule has 9 heteroatoms. The van der Waals surface area contributed by atoms with Crippen LogP contribution >= 0.6 is 23.2 Å². The maximum absolute atomic E-state index is 13.0. The second kappa shape index (κ2) is 8.57. The molecule has 4 rings (SSSR count). The molecule has 0 fully saturated rings. The molecule has 1 N–H and O–H groups in total. The van der Waals surface area contributed by atoms with Crippen molar-refractivity contribution in [3.8, 4) is 11.5 Å². The number of benzene rings is 3. The minimum absolute atomic E-state index is 0.0636. The largest absolute Gasteiger partial charge is 0.419 e. The quantitative estimate of drug-likeness (QED) is 0.432. The van der Waals surface area contributed by atoms with E-state index in [-0.39, 0.29) is 16.7 Å². The summed E-state index contributed by atoms with van der Waals surface area (Å²) in [6.45, 7) is 0. The first-order chi connectivity index (χ1) is 14.4. The van der Waals surface area contributed by atoms with Crippen molar-refractivity contribution in [3.63, 3.8) is 0 Å². The smallest absolute Gasteiger partial charge is 0.247 e. The van der Waals surface area contributed by atoms with E-state index in [1.807, 2.05) is 30.3 Å². The number of nitrogens with zero attached hydrogens (tertiary/aromatic N) is 2. The third-order valence-electron chi connectivity index (χ3n) is 4.31. The molecule has 1 aromatic heterocycles. The molecule has 0 aliphatic rings. The highest BCUT2D eigenvalue weighted by atomic mass is 35.5. The summed E-state index contributed by atoms with van der Waals surface area (Å²) in [6, 6.07) is 20.9. The number of hydrogen-bond acceptors (Lipinski definition) is 5. The molecule has 0 radical (unpaired) electrons. The lowest BCUT2D eigenvalue weighted by Crippen LogP contribution is -2.29. The molecule has 0 bridgehead atoms. The average Bonchev–Trinajstić information content (AvgIpc) is 3.24. The molecule has 0 unspecified atom stereocenters. The molecule has 3 aromatic carbocycles. The van der Waals surface area contributed by atoms with Gasteiger partial charge >= 0.3 is 0 Å². The lowest BCUT2D eigenvalue weighted by Gasteiger charge is -2.16. The molecule has 152 valence electrons. The second-order valence-electron chi connectivity index (χ2n) is 6.37. The molecule has 0 amide bonds. The molecular formula is C21H15Cl2N3O3S. The highest BCUT2D eigenvalue weighted by Gasteiger charge is 2.27. The van der Waals surface area contributed by atoms with Crippen molar-refractivity contribution in [3.05, 3.63) is 100 Å². The summed E-state index contributed by atoms with van der Waals surface area (Å²) in [4.78, 5) is 0.0636. The van der Waals surface area contributed by atoms with E-state index in [2.05, 4.69) is 14.9 Å². The van der Waals surface area contributed by atoms with Crippen molar-refractivity contribution in [2.24, 2.45) is 0 Å². The number of nitrogens with one attached hydrogen (secondary N) is 1. The maximum Gasteiger partial charge on any atom is 0.247 e. The van der Waals surface area contributed by atoms with E-state index >= 15 is 0 Å². The molecule has 0 aliphatic heterocycles. The molecule has 30 heavy (non-hydrogen) atoms. The van der Waals surface area contributed by atoms with Gasteiger partial charge in [0.05, 0.1) is 4.90 Å². The Morgan fingerprint density at radius 1 is 0.800 bits per heavy atom. The number of aromatic nitrogens is 2. The molecule has 0 aliphatic carbocycles. The van der Waals surface area contributed by atoms with Crippen LogP contribution in [0.25, 0.3) is 11.5 Å². The lowest BCUT2D eigenvalue weighted by atomic mass is 10.1. The fraction of sp³-hybridized carbons (Fsp3) is 0.0476. The summed E-state index contributed by atoms with van der Waals surface area (Å²) >= 11 is 11.9. The molecule has 0 saturated carbocycles. The van der Waals surface area contributed by atoms with Gasteiger partial charge in [0.2, 0.25) is 21.8 Å². The Hall–Kier alpha value is -2.71. The van der Waals surface area contributed by atoms with Crippen molar-refractivity contribution >= 4 is 33.2 Å². The second-order valence-corrected chi connectivity index (χ2v) is 8.96. The molecular weight excluding hydrogens is 445 g/mol. The van der Waals surface area contributed by atoms with Gasteiger partial charge in [0.15, 0.2) is 0 Å². The van der Waals surface area contributed by atoms with Gasteiger partial charge in [0, 0.05) is 15.6 Å². The van der Waals surface area contributed by atoms with E-state index in [1.54, 1.807) is 24.3 Å². The third kappa shape index (κ3) is 4.55. The first-order valence-corrected chi connectivity index (χ1v) is 11.1. The maximum atomic E-state index is 13.0. The summed E-state index contributed by atoms with van der Waals surface area (Å²) in [5.41, 5.74) is 1.33. The molecule has 1 atom stereocenters. The first-order valence-electron chi connectivity index (χ1n) is 8.84. The Balaban J connectivity index is 1.73. The van der Waals surface area contributed by atoms with Crippen LogP contribution in [-0.4, -0.2) is 18.6 Å². The predicted molar refractivity (Wildman–Crippen MR) is 115 cm³/mol. The Morgan fingerprint density at radius 3 is 2.03 bits per heavy atom. The number of hydrogen-bond donors (Lipinski definition) is 1. The minimum atomic E-state index is -3.91. The predicted octanol–water partition coefficient (Wildman–Crippen LogP) is 5.11. The summed E-state index contributed by atoms with van der Waals surface area (Å²) in [7, 11) is -3.91. The standard InChI is InChI=1S/C21H15Cl2N3O3S/c22-16-8-6-14(7-9-16)19(26-30(27,28)18-12-10-17(23)11-13-18)21-25-24-20(29-21)15-4-2-1-3-5-15/h1-13,19,26H/t19-/m1/s1. The lowest BCUT2D eigenvalue weighted by molar-refractivity contribution is 0.464. The van der Waals surface area contributed by atoms with Crippen molar-refractivity contribution in [1.82, 2.24) is 14.9 Å². The molecule has 6 nitrogen and oxygen atoms in total. The van der Waals surface area contributed by atoms with Crippen molar-refractivity contribution < 1.29 is 12.8 Å². The van der Waals surface area contributed by atoms with Gasteiger partial charge in [-0.2, -0.15) is 4.72 Å². The zero-order valence-corrected chi connectivity index (χ0v) is 17.7. The SMILES string of the molecule is O=S(=O)(N[C@H](c1ccc(Cl)cc1)c1nnc(-c2ccccc2)o1)c1ccc(Cl)cc1. The molecule has 0 spiro atoms. The monoisotopic (exact) mass is 459 g/mol. The highest BCUT2D eigenvalue weighted by molar-refractivity contribution is 7.89. The average molecular weight is 460 g/mol. The van der Waals surface area contributed by atoms with Gasteiger partial charge in [-0.25, -0.2) is 8.42 Å². The Morgan fingerprint density at radius 2 is 1.40 bits per heavy atom. The van der Waals surface area contributed by atoms with E-state index < -0.39 is 16.1 Å². The molecule has 1 heterocycles. The zero-order chi connectivity index (χ0) is 21.1. The van der Waals surface area contributed by atoms with Gasteiger partial charge in [-0.05, 0) is 54.1 Å². The normalized spacial score (nSPS) is 12.6. The van der Waals surface area contributed by atoms with Crippen molar-refractivity contribution in [1.29, 1.82) is 0 Å². The van der Waals surface area contributed by atoms with Crippen LogP contribution in [0, 0.1) is 0 Å². The third-order valence-corrected chi connectivity index (χ3v) is 6.25. The van der Waals surface area contributed by atoms with Crippen molar-refractivity contribution in [2.75, 3.05) is 0 Å². The summed E-state index contributed by atoms with van der Waals surface area (Å²) in [5, 5.41) is 9.12. The van der Waals surface area contributed by atoms with Crippen LogP contribution in [0.4, 0.5) is 0 Å². The fourth-order valence-corrected chi connectivity index (χ4v) is 4.23. The first kappa shape index (κ1) is 20.6. The van der Waals surface area contributed by atoms with Crippen LogP contribution in [-0.2, 0) is 10.0 Å². The van der Waals surface area contributed by atoms with E-state index in [4.69, 9.17) is 27.6 Å². The van der Waals surface area contributed by atoms with Crippen LogP contribution in [0.3, 0.4) is 0 Å². The molecule has 0 saturated heterocycles.